The number of aromatic amines is 1. The van der Waals surface area contributed by atoms with E-state index in [4.69, 9.17) is 0 Å². The minimum atomic E-state index is -4.21. The number of fused-ring (bicyclic) bond motifs is 3. The topological polar surface area (TPSA) is 115 Å². The zero-order chi connectivity index (χ0) is 16.4. The number of nitrogens with zero attached hydrogens (tertiary/aromatic N) is 2. The molecule has 0 atom stereocenters. The minimum Gasteiger partial charge on any atom is -0.506 e. The van der Waals surface area contributed by atoms with E-state index in [2.05, 4.69) is 10.2 Å². The number of aromatic nitrogens is 2. The van der Waals surface area contributed by atoms with Crippen LogP contribution in [-0.4, -0.2) is 36.2 Å². The number of halogens is 1. The van der Waals surface area contributed by atoms with Crippen LogP contribution in [0.15, 0.2) is 12.3 Å². The molecule has 1 aliphatic heterocycles. The Hall–Kier alpha value is -2.62. The smallest absolute Gasteiger partial charge is 0.326 e. The third-order valence-corrected chi connectivity index (χ3v) is 5.37. The van der Waals surface area contributed by atoms with Gasteiger partial charge in [0.1, 0.15) is 18.0 Å². The molecule has 1 saturated heterocycles. The van der Waals surface area contributed by atoms with Crippen LogP contribution >= 0.6 is 0 Å². The van der Waals surface area contributed by atoms with Crippen molar-refractivity contribution in [2.24, 2.45) is 0 Å². The van der Waals surface area contributed by atoms with E-state index in [0.717, 1.165) is 0 Å². The second kappa shape index (κ2) is 4.44. The zero-order valence-corrected chi connectivity index (χ0v) is 12.4. The van der Waals surface area contributed by atoms with E-state index in [1.807, 2.05) is 0 Å². The van der Waals surface area contributed by atoms with Crippen molar-refractivity contribution < 1.29 is 22.7 Å². The number of hydrogen-bond donors (Lipinski definition) is 3. The Morgan fingerprint density at radius 3 is 2.83 bits per heavy atom. The maximum absolute atomic E-state index is 15.0. The number of anilines is 1. The summed E-state index contributed by atoms with van der Waals surface area (Å²) in [5.41, 5.74) is 1.43. The van der Waals surface area contributed by atoms with Crippen LogP contribution in [0.1, 0.15) is 11.3 Å². The lowest BCUT2D eigenvalue weighted by molar-refractivity contribution is -0.117. The molecule has 0 bridgehead atoms. The quantitative estimate of drug-likeness (QED) is 0.687. The number of benzene rings is 1. The van der Waals surface area contributed by atoms with Gasteiger partial charge in [-0.05, 0) is 24.5 Å². The normalized spacial score (nSPS) is 18.5. The number of rotatable bonds is 1. The molecule has 10 heteroatoms. The van der Waals surface area contributed by atoms with Gasteiger partial charge in [-0.1, -0.05) is 0 Å². The highest BCUT2D eigenvalue weighted by atomic mass is 32.2. The van der Waals surface area contributed by atoms with Crippen molar-refractivity contribution in [1.29, 1.82) is 0 Å². The molecule has 120 valence electrons. The Kier molecular flexibility index (Phi) is 2.71. The fourth-order valence-corrected chi connectivity index (χ4v) is 4.19. The van der Waals surface area contributed by atoms with Crippen molar-refractivity contribution >= 4 is 21.8 Å². The average molecular weight is 338 g/mol. The molecule has 8 nitrogen and oxygen atoms in total. The lowest BCUT2D eigenvalue weighted by Crippen LogP contribution is -2.30. The molecule has 2 heterocycles. The summed E-state index contributed by atoms with van der Waals surface area (Å²) in [6.45, 7) is -0.580. The lowest BCUT2D eigenvalue weighted by Gasteiger charge is -2.22. The molecule has 0 radical (unpaired) electrons. The molecular weight excluding hydrogens is 327 g/mol. The monoisotopic (exact) mass is 338 g/mol. The number of hydrogen-bond acceptors (Lipinski definition) is 5. The molecule has 1 aromatic heterocycles. The fraction of sp³-hybridized carbons (Fsp3) is 0.231. The van der Waals surface area contributed by atoms with Gasteiger partial charge >= 0.3 is 10.2 Å². The van der Waals surface area contributed by atoms with E-state index in [1.165, 1.54) is 12.3 Å². The molecule has 0 spiro atoms. The highest BCUT2D eigenvalue weighted by Crippen LogP contribution is 2.43. The van der Waals surface area contributed by atoms with Gasteiger partial charge in [-0.15, -0.1) is 0 Å². The summed E-state index contributed by atoms with van der Waals surface area (Å²) in [4.78, 5) is 11.4. The molecule has 0 unspecified atom stereocenters. The minimum absolute atomic E-state index is 0.197. The fourth-order valence-electron chi connectivity index (χ4n) is 3.03. The van der Waals surface area contributed by atoms with Crippen LogP contribution in [0.3, 0.4) is 0 Å². The Bertz CT molecular complexity index is 953. The first-order valence-corrected chi connectivity index (χ1v) is 8.23. The van der Waals surface area contributed by atoms with Crippen molar-refractivity contribution in [3.8, 4) is 16.9 Å². The number of phenols is 1. The number of carbonyl (C=O) groups excluding carboxylic acids is 1. The van der Waals surface area contributed by atoms with Gasteiger partial charge in [-0.2, -0.15) is 13.5 Å². The lowest BCUT2D eigenvalue weighted by atomic mass is 9.88. The second-order valence-electron chi connectivity index (χ2n) is 5.37. The van der Waals surface area contributed by atoms with Crippen molar-refractivity contribution in [3.63, 3.8) is 0 Å². The van der Waals surface area contributed by atoms with Gasteiger partial charge in [0.25, 0.3) is 5.91 Å². The average Bonchev–Trinajstić information content (AvgIpc) is 3.02. The van der Waals surface area contributed by atoms with Crippen molar-refractivity contribution in [1.82, 2.24) is 14.9 Å². The van der Waals surface area contributed by atoms with E-state index >= 15 is 4.39 Å². The highest BCUT2D eigenvalue weighted by molar-refractivity contribution is 7.92. The standard InChI is InChI=1S/C13H11FN4O4S/c14-12-11-6(1-2-8-7(11)4-15-16-8)3-9(19)13(12)18-5-10(20)17-23(18,21)22/h3-4,19H,1-2,5H2,(H,15,16)(H,17,20). The number of H-pyrrole nitrogens is 1. The first-order chi connectivity index (χ1) is 10.9. The van der Waals surface area contributed by atoms with Crippen molar-refractivity contribution in [3.05, 3.63) is 29.3 Å². The van der Waals surface area contributed by atoms with Gasteiger partial charge in [0, 0.05) is 17.3 Å². The molecule has 23 heavy (non-hydrogen) atoms. The number of phenolic OH excluding ortho intramolecular Hbond substituents is 1. The summed E-state index contributed by atoms with van der Waals surface area (Å²) in [5, 5.41) is 16.8. The van der Waals surface area contributed by atoms with Crippen LogP contribution in [-0.2, 0) is 27.8 Å². The van der Waals surface area contributed by atoms with Crippen LogP contribution in [0.2, 0.25) is 0 Å². The summed E-state index contributed by atoms with van der Waals surface area (Å²) in [6, 6.07) is 1.34. The van der Waals surface area contributed by atoms with Crippen LogP contribution in [0.4, 0.5) is 10.1 Å². The van der Waals surface area contributed by atoms with Gasteiger partial charge in [-0.25, -0.2) is 13.4 Å². The summed E-state index contributed by atoms with van der Waals surface area (Å²) < 4.78 is 41.2. The molecule has 0 saturated carbocycles. The van der Waals surface area contributed by atoms with E-state index in [0.29, 0.717) is 34.0 Å². The van der Waals surface area contributed by atoms with Gasteiger partial charge < -0.3 is 5.11 Å². The second-order valence-corrected chi connectivity index (χ2v) is 6.97. The van der Waals surface area contributed by atoms with Crippen molar-refractivity contribution in [2.75, 3.05) is 10.8 Å². The molecule has 1 amide bonds. The number of amides is 1. The Labute approximate surface area is 130 Å². The van der Waals surface area contributed by atoms with Gasteiger partial charge in [0.2, 0.25) is 0 Å². The number of aromatic hydroxyl groups is 1. The maximum atomic E-state index is 15.0. The maximum Gasteiger partial charge on any atom is 0.326 e. The van der Waals surface area contributed by atoms with Gasteiger partial charge in [-0.3, -0.25) is 9.89 Å². The molecule has 1 aliphatic carbocycles. The Morgan fingerprint density at radius 1 is 1.35 bits per heavy atom. The van der Waals surface area contributed by atoms with Crippen molar-refractivity contribution in [2.45, 2.75) is 12.8 Å². The third kappa shape index (κ3) is 1.91. The first-order valence-electron chi connectivity index (χ1n) is 6.79. The predicted molar refractivity (Wildman–Crippen MR) is 77.5 cm³/mol. The van der Waals surface area contributed by atoms with Crippen LogP contribution in [0.25, 0.3) is 11.1 Å². The highest BCUT2D eigenvalue weighted by Gasteiger charge is 2.39. The van der Waals surface area contributed by atoms with Crippen LogP contribution in [0.5, 0.6) is 5.75 Å². The molecule has 1 fully saturated rings. The summed E-state index contributed by atoms with van der Waals surface area (Å²) in [7, 11) is -4.21. The third-order valence-electron chi connectivity index (χ3n) is 3.99. The van der Waals surface area contributed by atoms with E-state index in [-0.39, 0.29) is 5.56 Å². The predicted octanol–water partition coefficient (Wildman–Crippen LogP) is 0.201. The Morgan fingerprint density at radius 2 is 2.13 bits per heavy atom. The number of aryl methyl sites for hydroxylation is 2. The number of carbonyl (C=O) groups is 1. The van der Waals surface area contributed by atoms with Gasteiger partial charge in [0.05, 0.1) is 5.69 Å². The largest absolute Gasteiger partial charge is 0.506 e. The molecule has 2 aliphatic rings. The molecule has 1 aromatic carbocycles. The first kappa shape index (κ1) is 14.0. The Balaban J connectivity index is 1.97. The molecule has 4 rings (SSSR count). The van der Waals surface area contributed by atoms with Crippen LogP contribution < -0.4 is 9.03 Å². The van der Waals surface area contributed by atoms with Crippen LogP contribution in [0, 0.1) is 5.82 Å². The summed E-state index contributed by atoms with van der Waals surface area (Å²) in [6.07, 6.45) is 2.59. The summed E-state index contributed by atoms with van der Waals surface area (Å²) >= 11 is 0. The van der Waals surface area contributed by atoms with E-state index < -0.39 is 39.9 Å². The van der Waals surface area contributed by atoms with Gasteiger partial charge in [0.15, 0.2) is 5.82 Å². The summed E-state index contributed by atoms with van der Waals surface area (Å²) in [5.74, 6) is -2.19. The SMILES string of the molecule is O=C1CN(c2c(O)cc3c(c2F)-c2c[nH]nc2CC3)S(=O)(=O)N1. The van der Waals surface area contributed by atoms with E-state index in [1.54, 1.807) is 4.72 Å². The zero-order valence-electron chi connectivity index (χ0n) is 11.6. The molecular formula is C13H11FN4O4S. The molecule has 2 aromatic rings. The molecule has 3 N–H and O–H groups in total. The number of nitrogens with one attached hydrogen (secondary N) is 2. The van der Waals surface area contributed by atoms with E-state index in [9.17, 15) is 18.3 Å².